The fourth-order valence-corrected chi connectivity index (χ4v) is 6.19. The van der Waals surface area contributed by atoms with Gasteiger partial charge in [-0.15, -0.1) is 0 Å². The van der Waals surface area contributed by atoms with Gasteiger partial charge < -0.3 is 14.8 Å². The highest BCUT2D eigenvalue weighted by Crippen LogP contribution is 2.32. The Kier molecular flexibility index (Phi) is 7.45. The number of amides is 1. The molecule has 8 nitrogen and oxygen atoms in total. The second-order valence-electron chi connectivity index (χ2n) is 8.31. The molecule has 1 aliphatic heterocycles. The molecule has 1 aromatic carbocycles. The Labute approximate surface area is 199 Å². The van der Waals surface area contributed by atoms with Crippen molar-refractivity contribution >= 4 is 27.7 Å². The van der Waals surface area contributed by atoms with E-state index in [1.54, 1.807) is 26.1 Å². The first-order valence-electron chi connectivity index (χ1n) is 11.1. The molecule has 0 spiro atoms. The van der Waals surface area contributed by atoms with E-state index in [-0.39, 0.29) is 28.9 Å². The summed E-state index contributed by atoms with van der Waals surface area (Å²) < 4.78 is 38.1. The predicted octanol–water partition coefficient (Wildman–Crippen LogP) is 3.56. The zero-order chi connectivity index (χ0) is 23.4. The maximum absolute atomic E-state index is 13.0. The summed E-state index contributed by atoms with van der Waals surface area (Å²) in [4.78, 5) is 17.0. The van der Waals surface area contributed by atoms with Gasteiger partial charge in [-0.3, -0.25) is 4.79 Å². The second-order valence-corrected chi connectivity index (χ2v) is 11.7. The molecule has 0 radical (unpaired) electrons. The quantitative estimate of drug-likeness (QED) is 0.564. The first-order chi connectivity index (χ1) is 15.8. The summed E-state index contributed by atoms with van der Waals surface area (Å²) in [6.45, 7) is 2.38. The number of ether oxygens (including phenoxy) is 2. The fourth-order valence-electron chi connectivity index (χ4n) is 4.01. The third-order valence-electron chi connectivity index (χ3n) is 6.05. The molecule has 33 heavy (non-hydrogen) atoms. The number of aromatic nitrogens is 1. The van der Waals surface area contributed by atoms with Gasteiger partial charge in [-0.1, -0.05) is 37.1 Å². The van der Waals surface area contributed by atoms with Gasteiger partial charge in [0.15, 0.2) is 11.5 Å². The molecule has 1 N–H and O–H groups in total. The molecule has 0 saturated heterocycles. The Morgan fingerprint density at radius 2 is 1.94 bits per heavy atom. The Balaban J connectivity index is 1.31. The van der Waals surface area contributed by atoms with Gasteiger partial charge in [0.05, 0.1) is 10.3 Å². The number of hydrogen-bond donors (Lipinski definition) is 1. The monoisotopic (exact) mass is 491 g/mol. The summed E-state index contributed by atoms with van der Waals surface area (Å²) in [5.41, 5.74) is 0.916. The van der Waals surface area contributed by atoms with Gasteiger partial charge in [-0.25, -0.2) is 13.4 Å². The number of fused-ring (bicyclic) bond motifs is 1. The van der Waals surface area contributed by atoms with Crippen molar-refractivity contribution in [2.45, 2.75) is 66.8 Å². The molecule has 1 amide bonds. The highest BCUT2D eigenvalue weighted by Gasteiger charge is 2.29. The van der Waals surface area contributed by atoms with E-state index >= 15 is 0 Å². The van der Waals surface area contributed by atoms with Crippen LogP contribution >= 0.6 is 11.8 Å². The standard InChI is InChI=1S/C23H29N3O5S2/c1-16(23(27)25-13-17-8-10-20-21(12-17)31-15-30-20)32-22-11-9-19(14-24-22)33(28,29)26(2)18-6-4-3-5-7-18/h8-12,14,16,18H,3-7,13,15H2,1-2H3,(H,25,27)/t16-/m1/s1. The molecule has 1 saturated carbocycles. The largest absolute Gasteiger partial charge is 0.454 e. The van der Waals surface area contributed by atoms with Crippen molar-refractivity contribution in [3.8, 4) is 11.5 Å². The summed E-state index contributed by atoms with van der Waals surface area (Å²) >= 11 is 1.29. The second kappa shape index (κ2) is 10.3. The van der Waals surface area contributed by atoms with Crippen molar-refractivity contribution in [3.05, 3.63) is 42.1 Å². The van der Waals surface area contributed by atoms with E-state index in [2.05, 4.69) is 10.3 Å². The van der Waals surface area contributed by atoms with Crippen molar-refractivity contribution in [1.82, 2.24) is 14.6 Å². The van der Waals surface area contributed by atoms with Gasteiger partial charge in [0.25, 0.3) is 0 Å². The molecular weight excluding hydrogens is 462 g/mol. The molecule has 1 aromatic heterocycles. The van der Waals surface area contributed by atoms with Gasteiger partial charge in [-0.2, -0.15) is 4.31 Å². The number of pyridine rings is 1. The number of benzene rings is 1. The summed E-state index contributed by atoms with van der Waals surface area (Å²) in [5, 5.41) is 3.12. The van der Waals surface area contributed by atoms with E-state index < -0.39 is 10.0 Å². The van der Waals surface area contributed by atoms with Gasteiger partial charge in [0, 0.05) is 25.8 Å². The van der Waals surface area contributed by atoms with Crippen LogP contribution in [0.25, 0.3) is 0 Å². The first-order valence-corrected chi connectivity index (χ1v) is 13.4. The van der Waals surface area contributed by atoms with E-state index in [1.807, 2.05) is 18.2 Å². The number of hydrogen-bond acceptors (Lipinski definition) is 7. The number of carbonyl (C=O) groups excluding carboxylic acids is 1. The molecule has 4 rings (SSSR count). The zero-order valence-corrected chi connectivity index (χ0v) is 20.5. The highest BCUT2D eigenvalue weighted by atomic mass is 32.2. The number of carbonyl (C=O) groups is 1. The van der Waals surface area contributed by atoms with Crippen molar-refractivity contribution in [2.75, 3.05) is 13.8 Å². The van der Waals surface area contributed by atoms with Gasteiger partial charge in [-0.05, 0) is 49.6 Å². The summed E-state index contributed by atoms with van der Waals surface area (Å²) in [5.74, 6) is 1.25. The lowest BCUT2D eigenvalue weighted by atomic mass is 9.96. The van der Waals surface area contributed by atoms with Gasteiger partial charge in [0.2, 0.25) is 22.7 Å². The molecule has 2 aliphatic rings. The summed E-state index contributed by atoms with van der Waals surface area (Å²) in [6.07, 6.45) is 6.47. The topological polar surface area (TPSA) is 97.8 Å². The fraction of sp³-hybridized carbons (Fsp3) is 0.478. The van der Waals surface area contributed by atoms with Crippen LogP contribution in [0.15, 0.2) is 46.5 Å². The minimum Gasteiger partial charge on any atom is -0.454 e. The van der Waals surface area contributed by atoms with Crippen LogP contribution in [0.2, 0.25) is 0 Å². The summed E-state index contributed by atoms with van der Waals surface area (Å²) in [7, 11) is -1.93. The number of nitrogens with one attached hydrogen (secondary N) is 1. The lowest BCUT2D eigenvalue weighted by molar-refractivity contribution is -0.120. The maximum atomic E-state index is 13.0. The number of nitrogens with zero attached hydrogens (tertiary/aromatic N) is 2. The van der Waals surface area contributed by atoms with Crippen molar-refractivity contribution < 1.29 is 22.7 Å². The molecule has 10 heteroatoms. The molecule has 1 fully saturated rings. The van der Waals surface area contributed by atoms with Crippen LogP contribution in [0.4, 0.5) is 0 Å². The smallest absolute Gasteiger partial charge is 0.244 e. The van der Waals surface area contributed by atoms with Crippen LogP contribution in [-0.4, -0.2) is 48.7 Å². The average molecular weight is 492 g/mol. The Morgan fingerprint density at radius 1 is 1.18 bits per heavy atom. The van der Waals surface area contributed by atoms with Crippen molar-refractivity contribution in [2.24, 2.45) is 0 Å². The van der Waals surface area contributed by atoms with Crippen molar-refractivity contribution in [3.63, 3.8) is 0 Å². The molecule has 0 unspecified atom stereocenters. The van der Waals surface area contributed by atoms with Crippen LogP contribution < -0.4 is 14.8 Å². The van der Waals surface area contributed by atoms with Crippen LogP contribution in [0.3, 0.4) is 0 Å². The van der Waals surface area contributed by atoms with Crippen LogP contribution in [0.1, 0.15) is 44.6 Å². The SMILES string of the molecule is C[C@@H](Sc1ccc(S(=O)(=O)N(C)C2CCCCC2)cn1)C(=O)NCc1ccc2c(c1)OCO2. The zero-order valence-electron chi connectivity index (χ0n) is 18.8. The van der Waals surface area contributed by atoms with E-state index in [9.17, 15) is 13.2 Å². The lowest BCUT2D eigenvalue weighted by Gasteiger charge is -2.30. The normalized spacial score (nSPS) is 17.2. The Morgan fingerprint density at radius 3 is 2.67 bits per heavy atom. The Hall–Kier alpha value is -2.30. The van der Waals surface area contributed by atoms with Crippen LogP contribution in [-0.2, 0) is 21.4 Å². The molecular formula is C23H29N3O5S2. The van der Waals surface area contributed by atoms with E-state index in [0.29, 0.717) is 23.1 Å². The molecule has 1 atom stereocenters. The predicted molar refractivity (Wildman–Crippen MR) is 126 cm³/mol. The summed E-state index contributed by atoms with van der Waals surface area (Å²) in [6, 6.07) is 8.84. The van der Waals surface area contributed by atoms with Gasteiger partial charge in [0.1, 0.15) is 4.90 Å². The molecule has 178 valence electrons. The average Bonchev–Trinajstić information content (AvgIpc) is 3.31. The van der Waals surface area contributed by atoms with E-state index in [4.69, 9.17) is 9.47 Å². The highest BCUT2D eigenvalue weighted by molar-refractivity contribution is 8.00. The minimum atomic E-state index is -3.58. The molecule has 0 bridgehead atoms. The number of sulfonamides is 1. The maximum Gasteiger partial charge on any atom is 0.244 e. The van der Waals surface area contributed by atoms with Gasteiger partial charge >= 0.3 is 0 Å². The lowest BCUT2D eigenvalue weighted by Crippen LogP contribution is -2.38. The molecule has 2 heterocycles. The number of thioether (sulfide) groups is 1. The molecule has 2 aromatic rings. The van der Waals surface area contributed by atoms with E-state index in [0.717, 1.165) is 31.2 Å². The Bertz CT molecular complexity index is 1090. The molecule has 1 aliphatic carbocycles. The third kappa shape index (κ3) is 5.62. The van der Waals surface area contributed by atoms with E-state index in [1.165, 1.54) is 28.7 Å². The first kappa shape index (κ1) is 23.8. The van der Waals surface area contributed by atoms with Crippen molar-refractivity contribution in [1.29, 1.82) is 0 Å². The van der Waals surface area contributed by atoms with Crippen LogP contribution in [0, 0.1) is 0 Å². The number of rotatable bonds is 8. The third-order valence-corrected chi connectivity index (χ3v) is 8.99. The minimum absolute atomic E-state index is 0.0475. The van der Waals surface area contributed by atoms with Crippen LogP contribution in [0.5, 0.6) is 11.5 Å².